The second-order valence-electron chi connectivity index (χ2n) is 24.3. The van der Waals surface area contributed by atoms with Crippen LogP contribution in [0, 0.1) is 23.7 Å². The van der Waals surface area contributed by atoms with Crippen molar-refractivity contribution in [1.29, 1.82) is 0 Å². The van der Waals surface area contributed by atoms with Crippen molar-refractivity contribution >= 4 is 39.5 Å². The summed E-state index contributed by atoms with van der Waals surface area (Å²) in [6, 6.07) is 0. The summed E-state index contributed by atoms with van der Waals surface area (Å²) in [7, 11) is -9.88. The number of ether oxygens (including phenoxy) is 4. The van der Waals surface area contributed by atoms with Crippen LogP contribution in [0.25, 0.3) is 0 Å². The highest BCUT2D eigenvalue weighted by Gasteiger charge is 2.30. The molecule has 0 aliphatic carbocycles. The van der Waals surface area contributed by atoms with E-state index in [1.54, 1.807) is 0 Å². The number of esters is 4. The summed E-state index contributed by atoms with van der Waals surface area (Å²) >= 11 is 0. The van der Waals surface area contributed by atoms with Gasteiger partial charge in [0, 0.05) is 25.7 Å². The van der Waals surface area contributed by atoms with Crippen molar-refractivity contribution in [2.75, 3.05) is 39.6 Å². The van der Waals surface area contributed by atoms with Crippen molar-refractivity contribution in [3.8, 4) is 0 Å². The SMILES string of the molecule is CC(C)CCCCCCCCCCCC(=O)OC[C@H](COP(=O)(O)OC[C@@H](O)COP(=O)(O)OC[C@@H](COC(=O)CCCCCCCCC(C)C)OC(=O)CCCCCCCCC(C)C)OC(=O)CCCCCCCCCCC(C)C. The second kappa shape index (κ2) is 52.4. The van der Waals surface area contributed by atoms with Crippen LogP contribution in [0.4, 0.5) is 0 Å². The minimum atomic E-state index is -4.94. The topological polar surface area (TPSA) is 237 Å². The van der Waals surface area contributed by atoms with Gasteiger partial charge in [-0.3, -0.25) is 37.3 Å². The van der Waals surface area contributed by atoms with Crippen molar-refractivity contribution in [3.05, 3.63) is 0 Å². The Morgan fingerprint density at radius 1 is 0.309 bits per heavy atom. The average Bonchev–Trinajstić information content (AvgIpc) is 3.40. The molecule has 0 heterocycles. The highest BCUT2D eigenvalue weighted by atomic mass is 31.2. The molecule has 2 unspecified atom stereocenters. The first-order valence-corrected chi connectivity index (χ1v) is 35.2. The van der Waals surface area contributed by atoms with Crippen LogP contribution in [-0.2, 0) is 65.4 Å². The van der Waals surface area contributed by atoms with E-state index in [0.717, 1.165) is 108 Å². The summed E-state index contributed by atoms with van der Waals surface area (Å²) in [5, 5.41) is 10.5. The summed E-state index contributed by atoms with van der Waals surface area (Å²) in [6.45, 7) is 13.8. The zero-order valence-corrected chi connectivity index (χ0v) is 54.2. The molecular weight excluding hydrogens is 1080 g/mol. The number of hydrogen-bond donors (Lipinski definition) is 3. The smallest absolute Gasteiger partial charge is 0.462 e. The summed E-state index contributed by atoms with van der Waals surface area (Å²) in [5.74, 6) is 0.663. The summed E-state index contributed by atoms with van der Waals surface area (Å²) in [6.07, 6.45) is 31.1. The van der Waals surface area contributed by atoms with Gasteiger partial charge >= 0.3 is 39.5 Å². The molecule has 0 aliphatic rings. The highest BCUT2D eigenvalue weighted by molar-refractivity contribution is 7.47. The number of unbranched alkanes of at least 4 members (excludes halogenated alkanes) is 25. The maximum absolute atomic E-state index is 12.9. The van der Waals surface area contributed by atoms with Gasteiger partial charge in [0.1, 0.15) is 19.3 Å². The van der Waals surface area contributed by atoms with E-state index in [1.165, 1.54) is 89.9 Å². The Labute approximate surface area is 492 Å². The molecule has 0 radical (unpaired) electrons. The van der Waals surface area contributed by atoms with Crippen molar-refractivity contribution in [1.82, 2.24) is 0 Å². The first-order chi connectivity index (χ1) is 38.6. The first-order valence-electron chi connectivity index (χ1n) is 32.2. The van der Waals surface area contributed by atoms with E-state index in [0.29, 0.717) is 37.5 Å². The van der Waals surface area contributed by atoms with Gasteiger partial charge in [-0.2, -0.15) is 0 Å². The molecule has 0 bridgehead atoms. The van der Waals surface area contributed by atoms with Crippen LogP contribution in [0.2, 0.25) is 0 Å². The molecule has 0 aromatic rings. The van der Waals surface area contributed by atoms with E-state index in [2.05, 4.69) is 55.4 Å². The lowest BCUT2D eigenvalue weighted by Crippen LogP contribution is -2.30. The van der Waals surface area contributed by atoms with Gasteiger partial charge in [0.2, 0.25) is 0 Å². The van der Waals surface area contributed by atoms with E-state index >= 15 is 0 Å². The number of aliphatic hydroxyl groups excluding tert-OH is 1. The second-order valence-corrected chi connectivity index (χ2v) is 27.3. The quantitative estimate of drug-likeness (QED) is 0.0222. The lowest BCUT2D eigenvalue weighted by Gasteiger charge is -2.21. The largest absolute Gasteiger partial charge is 0.472 e. The molecule has 0 saturated carbocycles. The number of aliphatic hydroxyl groups is 1. The van der Waals surface area contributed by atoms with E-state index in [-0.39, 0.29) is 25.7 Å². The minimum Gasteiger partial charge on any atom is -0.462 e. The number of hydrogen-bond acceptors (Lipinski definition) is 15. The summed E-state index contributed by atoms with van der Waals surface area (Å²) in [4.78, 5) is 72.0. The number of phosphoric ester groups is 2. The van der Waals surface area contributed by atoms with Gasteiger partial charge in [0.05, 0.1) is 26.4 Å². The molecule has 0 saturated heterocycles. The molecule has 5 atom stereocenters. The van der Waals surface area contributed by atoms with Crippen LogP contribution in [0.3, 0.4) is 0 Å². The van der Waals surface area contributed by atoms with Crippen LogP contribution < -0.4 is 0 Å². The lowest BCUT2D eigenvalue weighted by molar-refractivity contribution is -0.161. The van der Waals surface area contributed by atoms with Crippen LogP contribution in [-0.4, -0.2) is 96.7 Å². The monoisotopic (exact) mass is 1200 g/mol. The van der Waals surface area contributed by atoms with Crippen LogP contribution in [0.15, 0.2) is 0 Å². The van der Waals surface area contributed by atoms with Gasteiger partial charge < -0.3 is 33.8 Å². The van der Waals surface area contributed by atoms with Gasteiger partial charge in [0.15, 0.2) is 12.2 Å². The summed E-state index contributed by atoms with van der Waals surface area (Å²) in [5.41, 5.74) is 0. The molecule has 480 valence electrons. The molecule has 0 fully saturated rings. The number of phosphoric acid groups is 2. The first kappa shape index (κ1) is 79.1. The van der Waals surface area contributed by atoms with Crippen molar-refractivity contribution in [2.24, 2.45) is 23.7 Å². The fraction of sp³-hybridized carbons (Fsp3) is 0.935. The Balaban J connectivity index is 5.24. The highest BCUT2D eigenvalue weighted by Crippen LogP contribution is 2.45. The predicted octanol–water partition coefficient (Wildman–Crippen LogP) is 16.6. The van der Waals surface area contributed by atoms with E-state index < -0.39 is 97.5 Å². The Bertz CT molecular complexity index is 1630. The molecule has 17 nitrogen and oxygen atoms in total. The van der Waals surface area contributed by atoms with Gasteiger partial charge in [-0.15, -0.1) is 0 Å². The predicted molar refractivity (Wildman–Crippen MR) is 321 cm³/mol. The Morgan fingerprint density at radius 3 is 0.765 bits per heavy atom. The summed E-state index contributed by atoms with van der Waals surface area (Å²) < 4.78 is 67.8. The molecule has 0 aromatic carbocycles. The van der Waals surface area contributed by atoms with Crippen molar-refractivity contribution in [3.63, 3.8) is 0 Å². The molecule has 0 spiro atoms. The number of carbonyl (C=O) groups excluding carboxylic acids is 4. The third-order valence-electron chi connectivity index (χ3n) is 14.1. The Hall–Kier alpha value is -1.94. The number of rotatable bonds is 59. The normalized spacial score (nSPS) is 14.5. The molecule has 3 N–H and O–H groups in total. The molecule has 0 rings (SSSR count). The standard InChI is InChI=1S/C62H120O17P2/c1-52(2)38-30-22-14-10-9-11-16-26-34-42-59(64)72-48-57(78-61(66)44-36-28-17-13-12-15-23-31-39-53(3)4)50-76-80(68,69)74-46-56(63)47-75-81(70,71)77-51-58(79-62(67)45-37-29-21-19-25-33-41-55(7)8)49-73-60(65)43-35-27-20-18-24-32-40-54(5)6/h52-58,63H,9-51H2,1-8H3,(H,68,69)(H,70,71)/t56-,57-,58-/m1/s1. The van der Waals surface area contributed by atoms with Gasteiger partial charge in [-0.1, -0.05) is 242 Å². The fourth-order valence-corrected chi connectivity index (χ4v) is 10.7. The van der Waals surface area contributed by atoms with Crippen molar-refractivity contribution < 1.29 is 80.2 Å². The number of carbonyl (C=O) groups is 4. The molecule has 0 aromatic heterocycles. The van der Waals surface area contributed by atoms with Gasteiger partial charge in [0.25, 0.3) is 0 Å². The molecule has 19 heteroatoms. The van der Waals surface area contributed by atoms with E-state index in [1.807, 2.05) is 0 Å². The van der Waals surface area contributed by atoms with Gasteiger partial charge in [-0.05, 0) is 49.4 Å². The average molecular weight is 1200 g/mol. The molecule has 0 aliphatic heterocycles. The van der Waals surface area contributed by atoms with Crippen LogP contribution in [0.1, 0.15) is 293 Å². The third kappa shape index (κ3) is 56.9. The Morgan fingerprint density at radius 2 is 0.519 bits per heavy atom. The maximum Gasteiger partial charge on any atom is 0.472 e. The van der Waals surface area contributed by atoms with Gasteiger partial charge in [-0.25, -0.2) is 9.13 Å². The minimum absolute atomic E-state index is 0.100. The lowest BCUT2D eigenvalue weighted by atomic mass is 10.0. The third-order valence-corrected chi connectivity index (χ3v) is 16.0. The molecule has 81 heavy (non-hydrogen) atoms. The fourth-order valence-electron chi connectivity index (χ4n) is 9.08. The zero-order chi connectivity index (χ0) is 60.4. The van der Waals surface area contributed by atoms with Crippen molar-refractivity contribution in [2.45, 2.75) is 311 Å². The molecule has 0 amide bonds. The maximum atomic E-state index is 12.9. The zero-order valence-electron chi connectivity index (χ0n) is 52.4. The van der Waals surface area contributed by atoms with E-state index in [4.69, 9.17) is 37.0 Å². The Kier molecular flexibility index (Phi) is 51.1. The van der Waals surface area contributed by atoms with Crippen LogP contribution >= 0.6 is 15.6 Å². The molecular formula is C62H120O17P2. The van der Waals surface area contributed by atoms with E-state index in [9.17, 15) is 43.2 Å². The van der Waals surface area contributed by atoms with Crippen LogP contribution in [0.5, 0.6) is 0 Å².